The summed E-state index contributed by atoms with van der Waals surface area (Å²) in [7, 11) is 0. The number of amides is 4. The van der Waals surface area contributed by atoms with E-state index in [1.54, 1.807) is 48.5 Å². The third-order valence-corrected chi connectivity index (χ3v) is 5.35. The second kappa shape index (κ2) is 8.59. The predicted molar refractivity (Wildman–Crippen MR) is 113 cm³/mol. The summed E-state index contributed by atoms with van der Waals surface area (Å²) in [5.74, 6) is -1.27. The van der Waals surface area contributed by atoms with Gasteiger partial charge in [-0.3, -0.25) is 24.1 Å². The number of rotatable bonds is 5. The molecule has 0 aromatic heterocycles. The lowest BCUT2D eigenvalue weighted by atomic mass is 9.98. The Morgan fingerprint density at radius 2 is 1.84 bits per heavy atom. The Balaban J connectivity index is 1.56. The van der Waals surface area contributed by atoms with Gasteiger partial charge in [0.1, 0.15) is 12.3 Å². The van der Waals surface area contributed by atoms with E-state index < -0.39 is 30.4 Å². The zero-order chi connectivity index (χ0) is 22.0. The van der Waals surface area contributed by atoms with Crippen LogP contribution >= 0.6 is 0 Å². The highest BCUT2D eigenvalue weighted by atomic mass is 16.5. The van der Waals surface area contributed by atoms with Crippen molar-refractivity contribution in [3.63, 3.8) is 0 Å². The summed E-state index contributed by atoms with van der Waals surface area (Å²) in [5, 5.41) is 2.78. The van der Waals surface area contributed by atoms with Crippen LogP contribution in [0.1, 0.15) is 29.3 Å². The molecular formula is C23H23N3O5. The minimum absolute atomic E-state index is 0.00178. The number of hydrogen-bond acceptors (Lipinski definition) is 5. The monoisotopic (exact) mass is 421 g/mol. The highest BCUT2D eigenvalue weighted by Crippen LogP contribution is 2.33. The molecule has 1 N–H and O–H groups in total. The van der Waals surface area contributed by atoms with Crippen molar-refractivity contribution in [1.82, 2.24) is 10.2 Å². The highest BCUT2D eigenvalue weighted by Gasteiger charge is 2.37. The average molecular weight is 421 g/mol. The highest BCUT2D eigenvalue weighted by molar-refractivity contribution is 6.12. The van der Waals surface area contributed by atoms with Crippen LogP contribution in [0.25, 0.3) is 0 Å². The number of fused-ring (bicyclic) bond motifs is 2. The number of imide groups is 1. The number of anilines is 1. The minimum atomic E-state index is -0.876. The van der Waals surface area contributed by atoms with Gasteiger partial charge in [-0.2, -0.15) is 0 Å². The fraction of sp³-hybridized carbons (Fsp3) is 0.304. The van der Waals surface area contributed by atoms with E-state index >= 15 is 0 Å². The summed E-state index contributed by atoms with van der Waals surface area (Å²) in [6, 6.07) is 13.8. The molecule has 1 atom stereocenters. The Morgan fingerprint density at radius 1 is 1.10 bits per heavy atom. The summed E-state index contributed by atoms with van der Waals surface area (Å²) in [4.78, 5) is 53.5. The maximum Gasteiger partial charge on any atom is 0.262 e. The van der Waals surface area contributed by atoms with Crippen molar-refractivity contribution in [3.8, 4) is 5.75 Å². The van der Waals surface area contributed by atoms with E-state index in [1.807, 2.05) is 6.92 Å². The smallest absolute Gasteiger partial charge is 0.262 e. The van der Waals surface area contributed by atoms with Crippen LogP contribution in [0.3, 0.4) is 0 Å². The maximum absolute atomic E-state index is 13.2. The standard InChI is InChI=1S/C23H23N3O5/c1-2-11-24-22(29)19-13-25(17-9-5-6-10-18(17)31-19)21(28)14-26-20(27)12-15-7-3-4-8-16(15)23(26)30/h3-10,19H,2,11-14H2,1H3,(H,24,29)/t19-/m1/s1. The predicted octanol–water partition coefficient (Wildman–Crippen LogP) is 1.53. The summed E-state index contributed by atoms with van der Waals surface area (Å²) in [6.07, 6.45) is -0.0335. The molecule has 160 valence electrons. The molecule has 0 saturated heterocycles. The molecule has 2 heterocycles. The van der Waals surface area contributed by atoms with Crippen LogP contribution in [-0.4, -0.2) is 54.3 Å². The zero-order valence-electron chi connectivity index (χ0n) is 17.2. The molecule has 2 aliphatic rings. The molecule has 31 heavy (non-hydrogen) atoms. The van der Waals surface area contributed by atoms with Crippen molar-refractivity contribution in [1.29, 1.82) is 0 Å². The first-order valence-corrected chi connectivity index (χ1v) is 10.3. The quantitative estimate of drug-likeness (QED) is 0.739. The Bertz CT molecular complexity index is 1050. The topological polar surface area (TPSA) is 96.0 Å². The van der Waals surface area contributed by atoms with Crippen LogP contribution < -0.4 is 15.0 Å². The van der Waals surface area contributed by atoms with E-state index in [1.165, 1.54) is 4.90 Å². The van der Waals surface area contributed by atoms with Crippen molar-refractivity contribution in [2.75, 3.05) is 24.5 Å². The number of nitrogens with one attached hydrogen (secondary N) is 1. The third kappa shape index (κ3) is 4.01. The van der Waals surface area contributed by atoms with E-state index in [9.17, 15) is 19.2 Å². The molecule has 2 aromatic rings. The molecule has 8 heteroatoms. The van der Waals surface area contributed by atoms with Crippen LogP contribution in [0.15, 0.2) is 48.5 Å². The Hall–Kier alpha value is -3.68. The van der Waals surface area contributed by atoms with Gasteiger partial charge in [-0.05, 0) is 30.2 Å². The van der Waals surface area contributed by atoms with E-state index in [2.05, 4.69) is 5.32 Å². The van der Waals surface area contributed by atoms with Crippen LogP contribution in [0, 0.1) is 0 Å². The fourth-order valence-electron chi connectivity index (χ4n) is 3.75. The lowest BCUT2D eigenvalue weighted by molar-refractivity contribution is -0.133. The molecule has 0 spiro atoms. The van der Waals surface area contributed by atoms with Crippen molar-refractivity contribution >= 4 is 29.3 Å². The number of benzene rings is 2. The normalized spacial score (nSPS) is 17.5. The largest absolute Gasteiger partial charge is 0.477 e. The van der Waals surface area contributed by atoms with E-state index in [-0.39, 0.29) is 18.9 Å². The number of nitrogens with zero attached hydrogens (tertiary/aromatic N) is 2. The van der Waals surface area contributed by atoms with Crippen molar-refractivity contribution in [2.45, 2.75) is 25.9 Å². The van der Waals surface area contributed by atoms with Crippen LogP contribution in [-0.2, 0) is 20.8 Å². The van der Waals surface area contributed by atoms with Gasteiger partial charge in [0.15, 0.2) is 6.10 Å². The summed E-state index contributed by atoms with van der Waals surface area (Å²) in [6.45, 7) is 2.05. The summed E-state index contributed by atoms with van der Waals surface area (Å²) < 4.78 is 5.80. The number of para-hydroxylation sites is 2. The van der Waals surface area contributed by atoms with Gasteiger partial charge in [0.05, 0.1) is 18.7 Å². The maximum atomic E-state index is 13.2. The SMILES string of the molecule is CCCNC(=O)[C@H]1CN(C(=O)CN2C(=O)Cc3ccccc3C2=O)c2ccccc2O1. The van der Waals surface area contributed by atoms with E-state index in [0.29, 0.717) is 29.1 Å². The third-order valence-electron chi connectivity index (χ3n) is 5.35. The Morgan fingerprint density at radius 3 is 2.65 bits per heavy atom. The van der Waals surface area contributed by atoms with E-state index in [0.717, 1.165) is 11.3 Å². The lowest BCUT2D eigenvalue weighted by Gasteiger charge is -2.35. The Labute approximate surface area is 179 Å². The zero-order valence-corrected chi connectivity index (χ0v) is 17.2. The molecule has 0 saturated carbocycles. The molecule has 2 aromatic carbocycles. The lowest BCUT2D eigenvalue weighted by Crippen LogP contribution is -2.54. The summed E-state index contributed by atoms with van der Waals surface area (Å²) in [5.41, 5.74) is 1.59. The Kier molecular flexibility index (Phi) is 5.70. The van der Waals surface area contributed by atoms with Crippen molar-refractivity contribution in [3.05, 3.63) is 59.7 Å². The van der Waals surface area contributed by atoms with Crippen LogP contribution in [0.4, 0.5) is 5.69 Å². The van der Waals surface area contributed by atoms with Crippen LogP contribution in [0.2, 0.25) is 0 Å². The van der Waals surface area contributed by atoms with Gasteiger partial charge in [0.2, 0.25) is 11.8 Å². The van der Waals surface area contributed by atoms with E-state index in [4.69, 9.17) is 4.74 Å². The molecule has 2 aliphatic heterocycles. The second-order valence-corrected chi connectivity index (χ2v) is 7.49. The molecular weight excluding hydrogens is 398 g/mol. The first kappa shape index (κ1) is 20.6. The van der Waals surface area contributed by atoms with Gasteiger partial charge >= 0.3 is 0 Å². The molecule has 0 unspecified atom stereocenters. The van der Waals surface area contributed by atoms with Gasteiger partial charge in [-0.25, -0.2) is 0 Å². The first-order chi connectivity index (χ1) is 15.0. The number of ether oxygens (including phenoxy) is 1. The summed E-state index contributed by atoms with van der Waals surface area (Å²) >= 11 is 0. The van der Waals surface area contributed by atoms with Gasteiger partial charge in [0.25, 0.3) is 11.8 Å². The molecule has 0 radical (unpaired) electrons. The van der Waals surface area contributed by atoms with Crippen LogP contribution in [0.5, 0.6) is 5.75 Å². The molecule has 0 aliphatic carbocycles. The molecule has 0 fully saturated rings. The first-order valence-electron chi connectivity index (χ1n) is 10.3. The number of hydrogen-bond donors (Lipinski definition) is 1. The van der Waals surface area contributed by atoms with Gasteiger partial charge in [-0.15, -0.1) is 0 Å². The second-order valence-electron chi connectivity index (χ2n) is 7.49. The van der Waals surface area contributed by atoms with Gasteiger partial charge < -0.3 is 15.0 Å². The molecule has 4 amide bonds. The average Bonchev–Trinajstić information content (AvgIpc) is 2.79. The molecule has 8 nitrogen and oxygen atoms in total. The van der Waals surface area contributed by atoms with Gasteiger partial charge in [-0.1, -0.05) is 37.3 Å². The number of carbonyl (C=O) groups excluding carboxylic acids is 4. The number of carbonyl (C=O) groups is 4. The fourth-order valence-corrected chi connectivity index (χ4v) is 3.75. The molecule has 0 bridgehead atoms. The van der Waals surface area contributed by atoms with Crippen molar-refractivity contribution in [2.24, 2.45) is 0 Å². The van der Waals surface area contributed by atoms with Crippen molar-refractivity contribution < 1.29 is 23.9 Å². The van der Waals surface area contributed by atoms with Gasteiger partial charge in [0, 0.05) is 12.1 Å². The minimum Gasteiger partial charge on any atom is -0.477 e. The molecule has 4 rings (SSSR count).